The number of rotatable bonds is 3. The predicted octanol–water partition coefficient (Wildman–Crippen LogP) is 4.16. The van der Waals surface area contributed by atoms with Gasteiger partial charge in [0.1, 0.15) is 11.3 Å². The minimum absolute atomic E-state index is 0.207. The van der Waals surface area contributed by atoms with Gasteiger partial charge in [0, 0.05) is 38.1 Å². The van der Waals surface area contributed by atoms with E-state index in [9.17, 15) is 0 Å². The van der Waals surface area contributed by atoms with Gasteiger partial charge in [0.05, 0.1) is 22.1 Å². The summed E-state index contributed by atoms with van der Waals surface area (Å²) in [6.07, 6.45) is 7.69. The first kappa shape index (κ1) is 19.6. The van der Waals surface area contributed by atoms with Gasteiger partial charge in [-0.15, -0.1) is 0 Å². The van der Waals surface area contributed by atoms with Crippen LogP contribution >= 0.6 is 23.2 Å². The highest BCUT2D eigenvalue weighted by atomic mass is 35.5. The van der Waals surface area contributed by atoms with Gasteiger partial charge >= 0.3 is 0 Å². The molecule has 156 valence electrons. The van der Waals surface area contributed by atoms with Crippen molar-refractivity contribution in [1.29, 1.82) is 0 Å². The van der Waals surface area contributed by atoms with Crippen molar-refractivity contribution in [2.24, 2.45) is 18.2 Å². The van der Waals surface area contributed by atoms with Crippen LogP contribution in [0.15, 0.2) is 30.7 Å². The second-order valence-electron chi connectivity index (χ2n) is 8.33. The number of imidazole rings is 1. The van der Waals surface area contributed by atoms with E-state index in [1.54, 1.807) is 4.68 Å². The maximum Gasteiger partial charge on any atom is 0.160 e. The van der Waals surface area contributed by atoms with E-state index < -0.39 is 0 Å². The number of benzene rings is 1. The zero-order valence-corrected chi connectivity index (χ0v) is 18.5. The lowest BCUT2D eigenvalue weighted by Crippen LogP contribution is -2.42. The number of fused-ring (bicyclic) bond motifs is 2. The molecule has 4 aromatic rings. The lowest BCUT2D eigenvalue weighted by molar-refractivity contribution is 0.258. The number of hydrogen-bond acceptors (Lipinski definition) is 5. The zero-order valence-electron chi connectivity index (χ0n) is 16.9. The fraction of sp³-hybridized carbons (Fsp3) is 0.381. The van der Waals surface area contributed by atoms with E-state index in [4.69, 9.17) is 33.9 Å². The Bertz CT molecular complexity index is 1250. The van der Waals surface area contributed by atoms with Crippen LogP contribution in [0.1, 0.15) is 19.8 Å². The summed E-state index contributed by atoms with van der Waals surface area (Å²) in [5.74, 6) is 1.69. The van der Waals surface area contributed by atoms with Crippen LogP contribution in [-0.4, -0.2) is 43.8 Å². The van der Waals surface area contributed by atoms with Crippen LogP contribution in [0.4, 0.5) is 5.82 Å². The van der Waals surface area contributed by atoms with Crippen molar-refractivity contribution in [1.82, 2.24) is 24.1 Å². The summed E-state index contributed by atoms with van der Waals surface area (Å²) in [5.41, 5.74) is 8.83. The molecule has 1 aliphatic heterocycles. The molecule has 0 unspecified atom stereocenters. The molecule has 0 amide bonds. The molecule has 30 heavy (non-hydrogen) atoms. The number of aryl methyl sites for hydroxylation is 1. The van der Waals surface area contributed by atoms with Gasteiger partial charge in [-0.1, -0.05) is 30.1 Å². The van der Waals surface area contributed by atoms with Crippen molar-refractivity contribution in [3.8, 4) is 11.4 Å². The Morgan fingerprint density at radius 2 is 1.90 bits per heavy atom. The van der Waals surface area contributed by atoms with Crippen molar-refractivity contribution < 1.29 is 0 Å². The smallest absolute Gasteiger partial charge is 0.160 e. The van der Waals surface area contributed by atoms with Crippen LogP contribution in [0.25, 0.3) is 27.8 Å². The van der Waals surface area contributed by atoms with Crippen LogP contribution in [0, 0.1) is 5.41 Å². The van der Waals surface area contributed by atoms with E-state index in [0.717, 1.165) is 59.6 Å². The molecule has 0 radical (unpaired) electrons. The molecule has 0 bridgehead atoms. The van der Waals surface area contributed by atoms with Crippen LogP contribution in [0.5, 0.6) is 0 Å². The fourth-order valence-corrected chi connectivity index (χ4v) is 4.95. The Labute approximate surface area is 184 Å². The number of aromatic nitrogens is 5. The Kier molecular flexibility index (Phi) is 4.65. The second-order valence-corrected chi connectivity index (χ2v) is 9.06. The van der Waals surface area contributed by atoms with Crippen LogP contribution in [-0.2, 0) is 7.05 Å². The summed E-state index contributed by atoms with van der Waals surface area (Å²) in [4.78, 5) is 11.7. The number of nitrogens with zero attached hydrogens (tertiary/aromatic N) is 6. The Hall–Kier alpha value is -2.35. The summed E-state index contributed by atoms with van der Waals surface area (Å²) >= 11 is 13.1. The largest absolute Gasteiger partial charge is 0.355 e. The molecule has 0 aliphatic carbocycles. The standard InChI is InChI=1S/C21H23Cl2N7/c1-21(12-24)5-8-29(9-6-21)20-15-11-26-19(30(15)10-7-25-20)13-3-4-14-16(17(13)22)18(23)27-28(14)2/h3-4,7,10-11H,5-6,8-9,12,24H2,1-2H3. The molecule has 0 atom stereocenters. The van der Waals surface area contributed by atoms with Crippen molar-refractivity contribution in [2.75, 3.05) is 24.5 Å². The summed E-state index contributed by atoms with van der Waals surface area (Å²) < 4.78 is 3.76. The molecular formula is C21H23Cl2N7. The van der Waals surface area contributed by atoms with Crippen LogP contribution in [0.2, 0.25) is 10.2 Å². The Balaban J connectivity index is 1.59. The molecule has 0 spiro atoms. The van der Waals surface area contributed by atoms with Gasteiger partial charge in [0.15, 0.2) is 11.0 Å². The third-order valence-corrected chi connectivity index (χ3v) is 7.01. The van der Waals surface area contributed by atoms with Gasteiger partial charge in [-0.3, -0.25) is 9.08 Å². The highest BCUT2D eigenvalue weighted by Crippen LogP contribution is 2.38. The first-order valence-corrected chi connectivity index (χ1v) is 10.8. The summed E-state index contributed by atoms with van der Waals surface area (Å²) in [7, 11) is 1.85. The number of nitrogens with two attached hydrogens (primary N) is 1. The Morgan fingerprint density at radius 3 is 2.63 bits per heavy atom. The molecule has 7 nitrogen and oxygen atoms in total. The normalized spacial score (nSPS) is 16.6. The SMILES string of the molecule is Cn1nc(Cl)c2c(Cl)c(-c3ncc4c(N5CCC(C)(CN)CC5)nccn34)ccc21. The fourth-order valence-electron chi connectivity index (χ4n) is 4.26. The van der Waals surface area contributed by atoms with E-state index in [0.29, 0.717) is 16.7 Å². The van der Waals surface area contributed by atoms with E-state index >= 15 is 0 Å². The molecule has 3 aromatic heterocycles. The Morgan fingerprint density at radius 1 is 1.13 bits per heavy atom. The third kappa shape index (κ3) is 2.95. The van der Waals surface area contributed by atoms with Gasteiger partial charge in [-0.05, 0) is 36.9 Å². The topological polar surface area (TPSA) is 77.3 Å². The predicted molar refractivity (Wildman–Crippen MR) is 121 cm³/mol. The average molecular weight is 444 g/mol. The summed E-state index contributed by atoms with van der Waals surface area (Å²) in [6, 6.07) is 3.93. The molecule has 0 saturated carbocycles. The maximum absolute atomic E-state index is 6.76. The van der Waals surface area contributed by atoms with E-state index in [-0.39, 0.29) is 5.41 Å². The minimum atomic E-state index is 0.207. The van der Waals surface area contributed by atoms with E-state index in [1.807, 2.05) is 42.2 Å². The molecule has 2 N–H and O–H groups in total. The maximum atomic E-state index is 6.76. The third-order valence-electron chi connectivity index (χ3n) is 6.35. The van der Waals surface area contributed by atoms with Crippen LogP contribution < -0.4 is 10.6 Å². The van der Waals surface area contributed by atoms with E-state index in [1.165, 1.54) is 0 Å². The van der Waals surface area contributed by atoms with Gasteiger partial charge in [0.25, 0.3) is 0 Å². The molecule has 4 heterocycles. The van der Waals surface area contributed by atoms with Gasteiger partial charge < -0.3 is 10.6 Å². The lowest BCUT2D eigenvalue weighted by Gasteiger charge is -2.39. The molecule has 5 rings (SSSR count). The highest BCUT2D eigenvalue weighted by molar-refractivity contribution is 6.43. The second kappa shape index (κ2) is 7.11. The number of piperidine rings is 1. The first-order valence-electron chi connectivity index (χ1n) is 10.00. The quantitative estimate of drug-likeness (QED) is 0.514. The summed E-state index contributed by atoms with van der Waals surface area (Å²) in [5, 5.41) is 5.95. The molecular weight excluding hydrogens is 421 g/mol. The first-order chi connectivity index (χ1) is 14.4. The van der Waals surface area contributed by atoms with E-state index in [2.05, 4.69) is 21.9 Å². The van der Waals surface area contributed by atoms with Gasteiger partial charge in [0.2, 0.25) is 0 Å². The average Bonchev–Trinajstić information content (AvgIpc) is 3.30. The number of hydrogen-bond donors (Lipinski definition) is 1. The van der Waals surface area contributed by atoms with Gasteiger partial charge in [-0.2, -0.15) is 5.10 Å². The molecule has 1 saturated heterocycles. The highest BCUT2D eigenvalue weighted by Gasteiger charge is 2.30. The molecule has 9 heteroatoms. The monoisotopic (exact) mass is 443 g/mol. The van der Waals surface area contributed by atoms with Crippen molar-refractivity contribution in [2.45, 2.75) is 19.8 Å². The number of halogens is 2. The van der Waals surface area contributed by atoms with Gasteiger partial charge in [-0.25, -0.2) is 9.97 Å². The molecule has 1 fully saturated rings. The van der Waals surface area contributed by atoms with Crippen molar-refractivity contribution >= 4 is 45.4 Å². The molecule has 1 aromatic carbocycles. The number of anilines is 1. The van der Waals surface area contributed by atoms with Crippen LogP contribution in [0.3, 0.4) is 0 Å². The van der Waals surface area contributed by atoms with Crippen molar-refractivity contribution in [3.63, 3.8) is 0 Å². The summed E-state index contributed by atoms with van der Waals surface area (Å²) in [6.45, 7) is 4.84. The van der Waals surface area contributed by atoms with Crippen molar-refractivity contribution in [3.05, 3.63) is 40.9 Å². The zero-order chi connectivity index (χ0) is 21.0. The minimum Gasteiger partial charge on any atom is -0.355 e. The lowest BCUT2D eigenvalue weighted by atomic mass is 9.80. The molecule has 1 aliphatic rings.